The number of nitrogens with zero attached hydrogens (tertiary/aromatic N) is 1. The zero-order valence-corrected chi connectivity index (χ0v) is 6.37. The Morgan fingerprint density at radius 1 is 1.67 bits per heavy atom. The van der Waals surface area contributed by atoms with E-state index in [-0.39, 0.29) is 6.42 Å². The average Bonchev–Trinajstić information content (AvgIpc) is 2.06. The second kappa shape index (κ2) is 3.84. The third kappa shape index (κ3) is 2.04. The van der Waals surface area contributed by atoms with Gasteiger partial charge in [0, 0.05) is 6.42 Å². The molecule has 0 amide bonds. The zero-order valence-electron chi connectivity index (χ0n) is 6.37. The molecule has 0 aliphatic rings. The summed E-state index contributed by atoms with van der Waals surface area (Å²) in [4.78, 5) is 3.68. The number of aliphatic hydroxyl groups excluding tert-OH is 1. The lowest BCUT2D eigenvalue weighted by Crippen LogP contribution is -1.98. The molecule has 2 nitrogen and oxygen atoms in total. The van der Waals surface area contributed by atoms with Crippen LogP contribution >= 0.6 is 0 Å². The molecule has 0 aliphatic carbocycles. The van der Waals surface area contributed by atoms with Gasteiger partial charge in [0.05, 0.1) is 11.9 Å². The molecular weight excluding hydrogens is 157 g/mol. The number of rotatable bonds is 2. The van der Waals surface area contributed by atoms with E-state index >= 15 is 0 Å². The molecule has 0 aromatic carbocycles. The van der Waals surface area contributed by atoms with Crippen LogP contribution in [0, 0.1) is 18.2 Å². The van der Waals surface area contributed by atoms with Crippen LogP contribution in [0.5, 0.6) is 0 Å². The molecule has 1 unspecified atom stereocenters. The second-order valence-electron chi connectivity index (χ2n) is 2.33. The predicted octanol–water partition coefficient (Wildman–Crippen LogP) is 1.28. The number of aromatic nitrogens is 1. The Hall–Kier alpha value is -1.40. The molecule has 1 atom stereocenters. The van der Waals surface area contributed by atoms with Gasteiger partial charge in [-0.3, -0.25) is 4.98 Å². The number of hydrogen-bond donors (Lipinski definition) is 1. The van der Waals surface area contributed by atoms with Crippen molar-refractivity contribution in [2.75, 3.05) is 0 Å². The van der Waals surface area contributed by atoms with Crippen molar-refractivity contribution in [2.45, 2.75) is 12.5 Å². The van der Waals surface area contributed by atoms with Crippen LogP contribution in [0.1, 0.15) is 18.2 Å². The first-order valence-corrected chi connectivity index (χ1v) is 3.47. The van der Waals surface area contributed by atoms with E-state index in [4.69, 9.17) is 6.42 Å². The molecule has 0 radical (unpaired) electrons. The van der Waals surface area contributed by atoms with Gasteiger partial charge in [0.15, 0.2) is 0 Å². The highest BCUT2D eigenvalue weighted by atomic mass is 19.1. The largest absolute Gasteiger partial charge is 0.386 e. The minimum atomic E-state index is -0.796. The quantitative estimate of drug-likeness (QED) is 0.669. The first kappa shape index (κ1) is 8.69. The maximum absolute atomic E-state index is 12.4. The van der Waals surface area contributed by atoms with Crippen molar-refractivity contribution >= 4 is 0 Å². The predicted molar refractivity (Wildman–Crippen MR) is 42.6 cm³/mol. The Morgan fingerprint density at radius 2 is 2.42 bits per heavy atom. The lowest BCUT2D eigenvalue weighted by Gasteiger charge is -2.04. The number of hydrogen-bond acceptors (Lipinski definition) is 2. The highest BCUT2D eigenvalue weighted by Crippen LogP contribution is 2.12. The van der Waals surface area contributed by atoms with E-state index < -0.39 is 11.9 Å². The normalized spacial score (nSPS) is 12.1. The zero-order chi connectivity index (χ0) is 8.97. The molecule has 0 aliphatic heterocycles. The smallest absolute Gasteiger partial charge is 0.141 e. The van der Waals surface area contributed by atoms with Gasteiger partial charge in [0.1, 0.15) is 11.9 Å². The van der Waals surface area contributed by atoms with Gasteiger partial charge in [-0.15, -0.1) is 12.3 Å². The Labute approximate surface area is 70.1 Å². The standard InChI is InChI=1S/C9H8FNO/c1-2-3-9(12)8-5-4-7(10)6-11-8/h1,4-6,9,12H,3H2. The summed E-state index contributed by atoms with van der Waals surface area (Å²) in [6.45, 7) is 0. The van der Waals surface area contributed by atoms with E-state index in [1.165, 1.54) is 12.1 Å². The van der Waals surface area contributed by atoms with Gasteiger partial charge in [-0.05, 0) is 12.1 Å². The van der Waals surface area contributed by atoms with Crippen molar-refractivity contribution in [3.05, 3.63) is 29.8 Å². The summed E-state index contributed by atoms with van der Waals surface area (Å²) in [6.07, 6.45) is 5.43. The summed E-state index contributed by atoms with van der Waals surface area (Å²) in [5.74, 6) is 1.87. The van der Waals surface area contributed by atoms with Crippen molar-refractivity contribution in [1.82, 2.24) is 4.98 Å². The molecule has 0 bridgehead atoms. The summed E-state index contributed by atoms with van der Waals surface area (Å²) in [5, 5.41) is 9.28. The lowest BCUT2D eigenvalue weighted by atomic mass is 10.2. The van der Waals surface area contributed by atoms with Crippen molar-refractivity contribution in [3.8, 4) is 12.3 Å². The van der Waals surface area contributed by atoms with Gasteiger partial charge in [0.2, 0.25) is 0 Å². The molecule has 0 fully saturated rings. The fourth-order valence-electron chi connectivity index (χ4n) is 0.801. The first-order valence-electron chi connectivity index (χ1n) is 3.47. The minimum absolute atomic E-state index is 0.193. The van der Waals surface area contributed by atoms with Gasteiger partial charge in [-0.25, -0.2) is 4.39 Å². The summed E-state index contributed by atoms with van der Waals surface area (Å²) >= 11 is 0. The van der Waals surface area contributed by atoms with Crippen LogP contribution in [0.4, 0.5) is 4.39 Å². The number of pyridine rings is 1. The number of terminal acetylenes is 1. The van der Waals surface area contributed by atoms with E-state index in [1.54, 1.807) is 0 Å². The summed E-state index contributed by atoms with van der Waals surface area (Å²) in [5.41, 5.74) is 0.398. The van der Waals surface area contributed by atoms with E-state index in [0.29, 0.717) is 5.69 Å². The van der Waals surface area contributed by atoms with Crippen molar-refractivity contribution in [3.63, 3.8) is 0 Å². The fourth-order valence-corrected chi connectivity index (χ4v) is 0.801. The van der Waals surface area contributed by atoms with Crippen molar-refractivity contribution in [2.24, 2.45) is 0 Å². The summed E-state index contributed by atoms with van der Waals surface area (Å²) < 4.78 is 12.4. The fraction of sp³-hybridized carbons (Fsp3) is 0.222. The molecule has 62 valence electrons. The van der Waals surface area contributed by atoms with E-state index in [2.05, 4.69) is 10.9 Å². The molecule has 1 rings (SSSR count). The lowest BCUT2D eigenvalue weighted by molar-refractivity contribution is 0.179. The molecule has 1 aromatic heterocycles. The van der Waals surface area contributed by atoms with Gasteiger partial charge in [-0.2, -0.15) is 0 Å². The van der Waals surface area contributed by atoms with E-state index in [9.17, 15) is 9.50 Å². The molecule has 0 saturated carbocycles. The van der Waals surface area contributed by atoms with Gasteiger partial charge >= 0.3 is 0 Å². The van der Waals surface area contributed by atoms with Crippen LogP contribution in [0.2, 0.25) is 0 Å². The maximum atomic E-state index is 12.4. The van der Waals surface area contributed by atoms with Crippen LogP contribution in [0.15, 0.2) is 18.3 Å². The Morgan fingerprint density at radius 3 is 2.92 bits per heavy atom. The average molecular weight is 165 g/mol. The molecular formula is C9H8FNO. The Balaban J connectivity index is 2.76. The van der Waals surface area contributed by atoms with Gasteiger partial charge < -0.3 is 5.11 Å². The molecule has 1 N–H and O–H groups in total. The van der Waals surface area contributed by atoms with Crippen molar-refractivity contribution < 1.29 is 9.50 Å². The second-order valence-corrected chi connectivity index (χ2v) is 2.33. The highest BCUT2D eigenvalue weighted by Gasteiger charge is 2.06. The third-order valence-corrected chi connectivity index (χ3v) is 1.40. The van der Waals surface area contributed by atoms with E-state index in [0.717, 1.165) is 6.20 Å². The maximum Gasteiger partial charge on any atom is 0.141 e. The third-order valence-electron chi connectivity index (χ3n) is 1.40. The molecule has 1 aromatic rings. The van der Waals surface area contributed by atoms with Crippen LogP contribution in [-0.2, 0) is 0 Å². The molecule has 1 heterocycles. The molecule has 0 spiro atoms. The van der Waals surface area contributed by atoms with E-state index in [1.807, 2.05) is 0 Å². The minimum Gasteiger partial charge on any atom is -0.386 e. The molecule has 0 saturated heterocycles. The molecule has 3 heteroatoms. The topological polar surface area (TPSA) is 33.1 Å². The van der Waals surface area contributed by atoms with Crippen LogP contribution in [0.25, 0.3) is 0 Å². The van der Waals surface area contributed by atoms with Crippen LogP contribution < -0.4 is 0 Å². The summed E-state index contributed by atoms with van der Waals surface area (Å²) in [7, 11) is 0. The highest BCUT2D eigenvalue weighted by molar-refractivity contribution is 5.09. The number of halogens is 1. The summed E-state index contributed by atoms with van der Waals surface area (Å²) in [6, 6.07) is 2.65. The Bertz CT molecular complexity index is 288. The Kier molecular flexibility index (Phi) is 2.78. The monoisotopic (exact) mass is 165 g/mol. The van der Waals surface area contributed by atoms with Gasteiger partial charge in [-0.1, -0.05) is 0 Å². The molecule has 12 heavy (non-hydrogen) atoms. The first-order chi connectivity index (χ1) is 5.74. The SMILES string of the molecule is C#CCC(O)c1ccc(F)cn1. The van der Waals surface area contributed by atoms with Crippen LogP contribution in [0.3, 0.4) is 0 Å². The van der Waals surface area contributed by atoms with Crippen molar-refractivity contribution in [1.29, 1.82) is 0 Å². The number of aliphatic hydroxyl groups is 1. The van der Waals surface area contributed by atoms with Gasteiger partial charge in [0.25, 0.3) is 0 Å². The van der Waals surface area contributed by atoms with Crippen LogP contribution in [-0.4, -0.2) is 10.1 Å².